The Bertz CT molecular complexity index is 1070. The largest absolute Gasteiger partial charge is 0.369 e. The molecule has 1 N–H and O–H groups in total. The maximum atomic E-state index is 13.5. The van der Waals surface area contributed by atoms with Gasteiger partial charge in [0.2, 0.25) is 11.7 Å². The maximum Gasteiger partial charge on any atom is 0.227 e. The standard InChI is InChI=1S/C19H15F2N5O/c20-13-5-3-12(4-6-13)18-25-17(27-26-18)2-1-9-22-19-15-10-14(21)7-8-16(15)23-11-24-19/h3-8,10-11H,1-2,9H2,(H,22,23,24). The van der Waals surface area contributed by atoms with E-state index < -0.39 is 0 Å². The number of fused-ring (bicyclic) bond motifs is 1. The number of benzene rings is 2. The summed E-state index contributed by atoms with van der Waals surface area (Å²) in [5.74, 6) is 0.854. The molecule has 0 aliphatic rings. The SMILES string of the molecule is Fc1ccc(-c2noc(CCCNc3ncnc4ccc(F)cc34)n2)cc1. The molecule has 2 heterocycles. The van der Waals surface area contributed by atoms with Crippen molar-refractivity contribution in [1.82, 2.24) is 20.1 Å². The van der Waals surface area contributed by atoms with Crippen LogP contribution in [-0.2, 0) is 6.42 Å². The molecule has 4 rings (SSSR count). The quantitative estimate of drug-likeness (QED) is 0.519. The van der Waals surface area contributed by atoms with Crippen molar-refractivity contribution < 1.29 is 13.3 Å². The molecule has 136 valence electrons. The first-order valence-corrected chi connectivity index (χ1v) is 8.42. The molecule has 0 saturated heterocycles. The fourth-order valence-electron chi connectivity index (χ4n) is 2.69. The van der Waals surface area contributed by atoms with Crippen molar-refractivity contribution in [2.45, 2.75) is 12.8 Å². The summed E-state index contributed by atoms with van der Waals surface area (Å²) in [6, 6.07) is 10.3. The highest BCUT2D eigenvalue weighted by Crippen LogP contribution is 2.20. The van der Waals surface area contributed by atoms with Gasteiger partial charge in [-0.1, -0.05) is 5.16 Å². The normalized spacial score (nSPS) is 11.0. The van der Waals surface area contributed by atoms with E-state index in [9.17, 15) is 8.78 Å². The molecule has 0 aliphatic carbocycles. The van der Waals surface area contributed by atoms with Crippen molar-refractivity contribution in [2.24, 2.45) is 0 Å². The monoisotopic (exact) mass is 367 g/mol. The van der Waals surface area contributed by atoms with E-state index in [0.717, 1.165) is 0 Å². The van der Waals surface area contributed by atoms with Crippen LogP contribution in [0, 0.1) is 11.6 Å². The lowest BCUT2D eigenvalue weighted by molar-refractivity contribution is 0.377. The van der Waals surface area contributed by atoms with Gasteiger partial charge in [0, 0.05) is 23.9 Å². The average molecular weight is 367 g/mol. The second-order valence-electron chi connectivity index (χ2n) is 5.93. The third-order valence-corrected chi connectivity index (χ3v) is 4.03. The van der Waals surface area contributed by atoms with Crippen LogP contribution >= 0.6 is 0 Å². The van der Waals surface area contributed by atoms with Gasteiger partial charge in [0.15, 0.2) is 0 Å². The van der Waals surface area contributed by atoms with Gasteiger partial charge < -0.3 is 9.84 Å². The second-order valence-corrected chi connectivity index (χ2v) is 5.93. The number of nitrogens with one attached hydrogen (secondary N) is 1. The van der Waals surface area contributed by atoms with Crippen LogP contribution in [0.1, 0.15) is 12.3 Å². The molecule has 4 aromatic rings. The summed E-state index contributed by atoms with van der Waals surface area (Å²) in [5, 5.41) is 7.73. The summed E-state index contributed by atoms with van der Waals surface area (Å²) in [7, 11) is 0. The van der Waals surface area contributed by atoms with E-state index in [0.29, 0.717) is 53.4 Å². The minimum atomic E-state index is -0.334. The van der Waals surface area contributed by atoms with Gasteiger partial charge in [-0.2, -0.15) is 4.98 Å². The molecule has 0 saturated carbocycles. The predicted octanol–water partition coefficient (Wildman–Crippen LogP) is 4.00. The third kappa shape index (κ3) is 3.89. The van der Waals surface area contributed by atoms with Crippen molar-refractivity contribution in [3.05, 3.63) is 66.3 Å². The van der Waals surface area contributed by atoms with Crippen molar-refractivity contribution >= 4 is 16.7 Å². The number of aryl methyl sites for hydroxylation is 1. The van der Waals surface area contributed by atoms with Crippen molar-refractivity contribution in [3.8, 4) is 11.4 Å². The number of hydrogen-bond acceptors (Lipinski definition) is 6. The molecule has 0 fully saturated rings. The van der Waals surface area contributed by atoms with Gasteiger partial charge >= 0.3 is 0 Å². The average Bonchev–Trinajstić information content (AvgIpc) is 3.15. The topological polar surface area (TPSA) is 76.7 Å². The number of anilines is 1. The van der Waals surface area contributed by atoms with E-state index in [1.807, 2.05) is 0 Å². The molecule has 2 aromatic carbocycles. The van der Waals surface area contributed by atoms with Gasteiger partial charge in [-0.05, 0) is 48.9 Å². The minimum Gasteiger partial charge on any atom is -0.369 e. The Morgan fingerprint density at radius 3 is 2.63 bits per heavy atom. The van der Waals surface area contributed by atoms with Gasteiger partial charge in [0.25, 0.3) is 0 Å². The zero-order valence-corrected chi connectivity index (χ0v) is 14.2. The van der Waals surface area contributed by atoms with Crippen molar-refractivity contribution in [1.29, 1.82) is 0 Å². The Labute approximate surface area is 153 Å². The van der Waals surface area contributed by atoms with Gasteiger partial charge in [-0.25, -0.2) is 18.7 Å². The zero-order valence-electron chi connectivity index (χ0n) is 14.2. The molecule has 0 amide bonds. The molecule has 0 radical (unpaired) electrons. The third-order valence-electron chi connectivity index (χ3n) is 4.03. The minimum absolute atomic E-state index is 0.314. The lowest BCUT2D eigenvalue weighted by atomic mass is 10.2. The smallest absolute Gasteiger partial charge is 0.227 e. The molecule has 0 unspecified atom stereocenters. The van der Waals surface area contributed by atoms with E-state index >= 15 is 0 Å². The lowest BCUT2D eigenvalue weighted by Gasteiger charge is -2.07. The van der Waals surface area contributed by atoms with E-state index in [1.54, 1.807) is 18.2 Å². The van der Waals surface area contributed by atoms with Crippen LogP contribution in [-0.4, -0.2) is 26.7 Å². The summed E-state index contributed by atoms with van der Waals surface area (Å²) in [6.07, 6.45) is 2.72. The van der Waals surface area contributed by atoms with E-state index in [2.05, 4.69) is 25.4 Å². The molecule has 0 spiro atoms. The van der Waals surface area contributed by atoms with Gasteiger partial charge in [-0.3, -0.25) is 0 Å². The molecule has 8 heteroatoms. The number of aromatic nitrogens is 4. The van der Waals surface area contributed by atoms with Gasteiger partial charge in [0.1, 0.15) is 23.8 Å². The summed E-state index contributed by atoms with van der Waals surface area (Å²) >= 11 is 0. The van der Waals surface area contributed by atoms with Crippen molar-refractivity contribution in [3.63, 3.8) is 0 Å². The highest BCUT2D eigenvalue weighted by Gasteiger charge is 2.09. The first-order chi connectivity index (χ1) is 13.2. The van der Waals surface area contributed by atoms with E-state index in [1.165, 1.54) is 30.6 Å². The van der Waals surface area contributed by atoms with Gasteiger partial charge in [-0.15, -0.1) is 0 Å². The zero-order chi connectivity index (χ0) is 18.6. The van der Waals surface area contributed by atoms with Crippen LogP contribution in [0.25, 0.3) is 22.3 Å². The molecule has 6 nitrogen and oxygen atoms in total. The molecule has 2 aromatic heterocycles. The Morgan fingerprint density at radius 2 is 1.78 bits per heavy atom. The number of nitrogens with zero attached hydrogens (tertiary/aromatic N) is 4. The van der Waals surface area contributed by atoms with Crippen LogP contribution in [0.2, 0.25) is 0 Å². The second kappa shape index (κ2) is 7.45. The molecular formula is C19H15F2N5O. The van der Waals surface area contributed by atoms with E-state index in [-0.39, 0.29) is 11.6 Å². The Kier molecular flexibility index (Phi) is 4.69. The van der Waals surface area contributed by atoms with Crippen LogP contribution in [0.5, 0.6) is 0 Å². The highest BCUT2D eigenvalue weighted by atomic mass is 19.1. The Morgan fingerprint density at radius 1 is 0.963 bits per heavy atom. The van der Waals surface area contributed by atoms with E-state index in [4.69, 9.17) is 4.52 Å². The first-order valence-electron chi connectivity index (χ1n) is 8.42. The van der Waals surface area contributed by atoms with Crippen molar-refractivity contribution in [2.75, 3.05) is 11.9 Å². The lowest BCUT2D eigenvalue weighted by Crippen LogP contribution is -2.05. The Hall–Kier alpha value is -3.42. The summed E-state index contributed by atoms with van der Waals surface area (Å²) < 4.78 is 31.7. The Balaban J connectivity index is 1.36. The molecule has 27 heavy (non-hydrogen) atoms. The summed E-state index contributed by atoms with van der Waals surface area (Å²) in [5.41, 5.74) is 1.37. The van der Waals surface area contributed by atoms with Crippen LogP contribution in [0.4, 0.5) is 14.6 Å². The number of rotatable bonds is 6. The predicted molar refractivity (Wildman–Crippen MR) is 96.0 cm³/mol. The van der Waals surface area contributed by atoms with Crippen LogP contribution in [0.3, 0.4) is 0 Å². The van der Waals surface area contributed by atoms with Crippen LogP contribution in [0.15, 0.2) is 53.3 Å². The number of halogens is 2. The summed E-state index contributed by atoms with van der Waals surface area (Å²) in [4.78, 5) is 12.6. The fraction of sp³-hybridized carbons (Fsp3) is 0.158. The molecule has 0 aliphatic heterocycles. The molecular weight excluding hydrogens is 352 g/mol. The molecule has 0 bridgehead atoms. The maximum absolute atomic E-state index is 13.5. The highest BCUT2D eigenvalue weighted by molar-refractivity contribution is 5.88. The number of hydrogen-bond donors (Lipinski definition) is 1. The molecule has 0 atom stereocenters. The fourth-order valence-corrected chi connectivity index (χ4v) is 2.69. The van der Waals surface area contributed by atoms with Gasteiger partial charge in [0.05, 0.1) is 5.52 Å². The first kappa shape index (κ1) is 17.0. The summed E-state index contributed by atoms with van der Waals surface area (Å²) in [6.45, 7) is 0.594. The van der Waals surface area contributed by atoms with Crippen LogP contribution < -0.4 is 5.32 Å².